The third kappa shape index (κ3) is 6.18. The second-order valence-corrected chi connectivity index (χ2v) is 5.73. The maximum atomic E-state index is 12.3. The van der Waals surface area contributed by atoms with E-state index in [9.17, 15) is 9.59 Å². The lowest BCUT2D eigenvalue weighted by atomic mass is 10.1. The Balaban J connectivity index is 1.92. The summed E-state index contributed by atoms with van der Waals surface area (Å²) in [7, 11) is 0. The molecule has 0 aliphatic heterocycles. The summed E-state index contributed by atoms with van der Waals surface area (Å²) in [5, 5.41) is 5.60. The number of amides is 2. The number of hydrogen-bond donors (Lipinski definition) is 2. The summed E-state index contributed by atoms with van der Waals surface area (Å²) in [6.07, 6.45) is 1.26. The second kappa shape index (κ2) is 10.2. The summed E-state index contributed by atoms with van der Waals surface area (Å²) in [4.78, 5) is 23.6. The van der Waals surface area contributed by atoms with Crippen LogP contribution in [-0.4, -0.2) is 25.0 Å². The van der Waals surface area contributed by atoms with Gasteiger partial charge in [-0.05, 0) is 36.3 Å². The highest BCUT2D eigenvalue weighted by atomic mass is 16.5. The molecule has 2 rings (SSSR count). The second-order valence-electron chi connectivity index (χ2n) is 5.73. The number of nitrogens with one attached hydrogen (secondary N) is 2. The van der Waals surface area contributed by atoms with Crippen molar-refractivity contribution in [3.63, 3.8) is 0 Å². The van der Waals surface area contributed by atoms with Crippen LogP contribution in [0.1, 0.15) is 24.2 Å². The number of hydrogen-bond acceptors (Lipinski definition) is 3. The number of carbonyl (C=O) groups is 2. The molecule has 2 aromatic carbocycles. The molecule has 0 saturated carbocycles. The highest BCUT2D eigenvalue weighted by molar-refractivity contribution is 5.98. The molecule has 0 aromatic heterocycles. The lowest BCUT2D eigenvalue weighted by molar-refractivity contribution is -0.121. The Morgan fingerprint density at radius 3 is 2.62 bits per heavy atom. The Kier molecular flexibility index (Phi) is 7.58. The SMILES string of the molecule is C=CC(=O)Nc1cccc(CC(=O)NCC(OCC)c2ccccc2)c1. The third-order valence-electron chi connectivity index (χ3n) is 3.77. The van der Waals surface area contributed by atoms with E-state index in [0.29, 0.717) is 18.8 Å². The van der Waals surface area contributed by atoms with E-state index >= 15 is 0 Å². The molecule has 0 heterocycles. The first-order chi connectivity index (χ1) is 12.6. The van der Waals surface area contributed by atoms with Gasteiger partial charge in [0.05, 0.1) is 12.5 Å². The first-order valence-electron chi connectivity index (χ1n) is 8.58. The molecular formula is C21H24N2O3. The van der Waals surface area contributed by atoms with Gasteiger partial charge in [0.25, 0.3) is 0 Å². The average molecular weight is 352 g/mol. The van der Waals surface area contributed by atoms with Gasteiger partial charge in [0.1, 0.15) is 0 Å². The predicted molar refractivity (Wildman–Crippen MR) is 103 cm³/mol. The molecule has 0 bridgehead atoms. The number of benzene rings is 2. The minimum absolute atomic E-state index is 0.0992. The van der Waals surface area contributed by atoms with Crippen LogP contribution in [0.5, 0.6) is 0 Å². The normalized spacial score (nSPS) is 11.4. The Morgan fingerprint density at radius 1 is 1.15 bits per heavy atom. The van der Waals surface area contributed by atoms with Gasteiger partial charge in [0.2, 0.25) is 11.8 Å². The summed E-state index contributed by atoms with van der Waals surface area (Å²) in [6, 6.07) is 17.0. The van der Waals surface area contributed by atoms with E-state index in [1.807, 2.05) is 43.3 Å². The highest BCUT2D eigenvalue weighted by Gasteiger charge is 2.13. The number of carbonyl (C=O) groups excluding carboxylic acids is 2. The Bertz CT molecular complexity index is 744. The molecule has 0 saturated heterocycles. The van der Waals surface area contributed by atoms with Crippen molar-refractivity contribution < 1.29 is 14.3 Å². The van der Waals surface area contributed by atoms with Crippen molar-refractivity contribution in [1.29, 1.82) is 0 Å². The van der Waals surface area contributed by atoms with Gasteiger partial charge in [0, 0.05) is 18.8 Å². The zero-order valence-electron chi connectivity index (χ0n) is 14.9. The zero-order chi connectivity index (χ0) is 18.8. The summed E-state index contributed by atoms with van der Waals surface area (Å²) in [6.45, 7) is 6.33. The standard InChI is InChI=1S/C21H24N2O3/c1-3-20(24)23-18-12-8-9-16(13-18)14-21(25)22-15-19(26-4-2)17-10-6-5-7-11-17/h3,5-13,19H,1,4,14-15H2,2H3,(H,22,25)(H,23,24). The van der Waals surface area contributed by atoms with Crippen LogP contribution in [0.25, 0.3) is 0 Å². The molecule has 0 aliphatic carbocycles. The quantitative estimate of drug-likeness (QED) is 0.681. The molecule has 5 nitrogen and oxygen atoms in total. The van der Waals surface area contributed by atoms with Crippen LogP contribution in [0.3, 0.4) is 0 Å². The largest absolute Gasteiger partial charge is 0.372 e. The third-order valence-corrected chi connectivity index (χ3v) is 3.77. The Morgan fingerprint density at radius 2 is 1.92 bits per heavy atom. The van der Waals surface area contributed by atoms with Gasteiger partial charge in [-0.3, -0.25) is 9.59 Å². The van der Waals surface area contributed by atoms with E-state index in [2.05, 4.69) is 17.2 Å². The number of anilines is 1. The van der Waals surface area contributed by atoms with Crippen LogP contribution in [0.4, 0.5) is 5.69 Å². The van der Waals surface area contributed by atoms with E-state index in [0.717, 1.165) is 11.1 Å². The number of rotatable bonds is 9. The Hall–Kier alpha value is -2.92. The van der Waals surface area contributed by atoms with Crippen molar-refractivity contribution in [2.24, 2.45) is 0 Å². The van der Waals surface area contributed by atoms with Gasteiger partial charge >= 0.3 is 0 Å². The van der Waals surface area contributed by atoms with E-state index < -0.39 is 0 Å². The topological polar surface area (TPSA) is 67.4 Å². The summed E-state index contributed by atoms with van der Waals surface area (Å²) >= 11 is 0. The van der Waals surface area contributed by atoms with Gasteiger partial charge in [-0.1, -0.05) is 49.0 Å². The van der Waals surface area contributed by atoms with Crippen LogP contribution >= 0.6 is 0 Å². The Labute approximate surface area is 154 Å². The van der Waals surface area contributed by atoms with Crippen LogP contribution in [0.2, 0.25) is 0 Å². The molecule has 0 fully saturated rings. The molecule has 136 valence electrons. The first kappa shape index (κ1) is 19.4. The van der Waals surface area contributed by atoms with E-state index in [1.54, 1.807) is 18.2 Å². The molecule has 1 unspecified atom stereocenters. The molecule has 26 heavy (non-hydrogen) atoms. The minimum atomic E-state index is -0.283. The van der Waals surface area contributed by atoms with Crippen molar-refractivity contribution in [2.45, 2.75) is 19.4 Å². The summed E-state index contributed by atoms with van der Waals surface area (Å²) in [5.41, 5.74) is 2.48. The summed E-state index contributed by atoms with van der Waals surface area (Å²) in [5.74, 6) is -0.383. The zero-order valence-corrected chi connectivity index (χ0v) is 14.9. The van der Waals surface area contributed by atoms with Crippen molar-refractivity contribution in [2.75, 3.05) is 18.5 Å². The smallest absolute Gasteiger partial charge is 0.247 e. The van der Waals surface area contributed by atoms with Crippen molar-refractivity contribution in [1.82, 2.24) is 5.32 Å². The van der Waals surface area contributed by atoms with Gasteiger partial charge in [-0.15, -0.1) is 0 Å². The maximum Gasteiger partial charge on any atom is 0.247 e. The predicted octanol–water partition coefficient (Wildman–Crippen LogP) is 3.25. The van der Waals surface area contributed by atoms with Crippen LogP contribution in [0.15, 0.2) is 67.3 Å². The van der Waals surface area contributed by atoms with Gasteiger partial charge in [-0.25, -0.2) is 0 Å². The van der Waals surface area contributed by atoms with E-state index in [-0.39, 0.29) is 24.3 Å². The molecule has 2 amide bonds. The molecule has 0 aliphatic rings. The van der Waals surface area contributed by atoms with E-state index in [4.69, 9.17) is 4.74 Å². The average Bonchev–Trinajstić information content (AvgIpc) is 2.66. The highest BCUT2D eigenvalue weighted by Crippen LogP contribution is 2.16. The van der Waals surface area contributed by atoms with Crippen LogP contribution in [-0.2, 0) is 20.7 Å². The van der Waals surface area contributed by atoms with Crippen LogP contribution in [0, 0.1) is 0 Å². The monoisotopic (exact) mass is 352 g/mol. The fourth-order valence-electron chi connectivity index (χ4n) is 2.55. The summed E-state index contributed by atoms with van der Waals surface area (Å²) < 4.78 is 5.73. The van der Waals surface area contributed by atoms with Gasteiger partial charge in [0.15, 0.2) is 0 Å². The lowest BCUT2D eigenvalue weighted by Gasteiger charge is -2.18. The molecule has 5 heteroatoms. The maximum absolute atomic E-state index is 12.3. The van der Waals surface area contributed by atoms with Crippen LogP contribution < -0.4 is 10.6 Å². The van der Waals surface area contributed by atoms with Crippen molar-refractivity contribution >= 4 is 17.5 Å². The van der Waals surface area contributed by atoms with Gasteiger partial charge < -0.3 is 15.4 Å². The molecular weight excluding hydrogens is 328 g/mol. The molecule has 1 atom stereocenters. The van der Waals surface area contributed by atoms with Crippen molar-refractivity contribution in [3.8, 4) is 0 Å². The molecule has 0 radical (unpaired) electrons. The molecule has 0 spiro atoms. The number of ether oxygens (including phenoxy) is 1. The van der Waals surface area contributed by atoms with E-state index in [1.165, 1.54) is 6.08 Å². The first-order valence-corrected chi connectivity index (χ1v) is 8.58. The lowest BCUT2D eigenvalue weighted by Crippen LogP contribution is -2.30. The fourth-order valence-corrected chi connectivity index (χ4v) is 2.55. The molecule has 2 aromatic rings. The van der Waals surface area contributed by atoms with Crippen molar-refractivity contribution in [3.05, 3.63) is 78.4 Å². The fraction of sp³-hybridized carbons (Fsp3) is 0.238. The minimum Gasteiger partial charge on any atom is -0.372 e. The molecule has 2 N–H and O–H groups in total. The van der Waals surface area contributed by atoms with Gasteiger partial charge in [-0.2, -0.15) is 0 Å².